The Kier molecular flexibility index (Phi) is 4.89. The molecular formula is C12H14ClN5O2. The molecule has 0 spiro atoms. The van der Waals surface area contributed by atoms with Gasteiger partial charge in [0.05, 0.1) is 5.52 Å². The number of carboxylic acid groups (broad SMARTS) is 1. The summed E-state index contributed by atoms with van der Waals surface area (Å²) in [4.78, 5) is 22.9. The first-order valence-corrected chi connectivity index (χ1v) is 6.52. The number of hydrogen-bond donors (Lipinski definition) is 3. The van der Waals surface area contributed by atoms with E-state index in [2.05, 4.69) is 25.6 Å². The van der Waals surface area contributed by atoms with Gasteiger partial charge in [0.1, 0.15) is 10.7 Å². The maximum absolute atomic E-state index is 10.3. The van der Waals surface area contributed by atoms with E-state index in [0.29, 0.717) is 35.1 Å². The van der Waals surface area contributed by atoms with Gasteiger partial charge < -0.3 is 15.7 Å². The number of rotatable bonds is 6. The number of fused-ring (bicyclic) bond motifs is 1. The van der Waals surface area contributed by atoms with Gasteiger partial charge in [0.25, 0.3) is 0 Å². The van der Waals surface area contributed by atoms with Crippen LogP contribution in [-0.4, -0.2) is 39.2 Å². The highest BCUT2D eigenvalue weighted by Crippen LogP contribution is 2.20. The maximum Gasteiger partial charge on any atom is 0.404 e. The number of pyridine rings is 1. The van der Waals surface area contributed by atoms with Crippen LogP contribution in [-0.2, 0) is 0 Å². The van der Waals surface area contributed by atoms with Crippen molar-refractivity contribution in [3.05, 3.63) is 23.6 Å². The standard InChI is InChI=1S/C12H14ClN5O2/c13-9-7-8-10(15-6-5-14-8)11(18-9)16-3-1-2-4-17-12(19)20/h5-7,17H,1-4H2,(H,16,18)(H,19,20). The largest absolute Gasteiger partial charge is 0.465 e. The molecule has 2 rings (SSSR count). The SMILES string of the molecule is O=C(O)NCCCCNc1nc(Cl)cc2nccnc12. The third kappa shape index (κ3) is 3.92. The second-order valence-electron chi connectivity index (χ2n) is 4.08. The van der Waals surface area contributed by atoms with Crippen molar-refractivity contribution in [3.63, 3.8) is 0 Å². The van der Waals surface area contributed by atoms with E-state index in [1.165, 1.54) is 0 Å². The van der Waals surface area contributed by atoms with Crippen molar-refractivity contribution in [2.45, 2.75) is 12.8 Å². The molecule has 0 aliphatic carbocycles. The molecule has 20 heavy (non-hydrogen) atoms. The summed E-state index contributed by atoms with van der Waals surface area (Å²) in [6.45, 7) is 1.08. The number of hydrogen-bond acceptors (Lipinski definition) is 5. The molecule has 2 aromatic rings. The Balaban J connectivity index is 1.91. The second kappa shape index (κ2) is 6.85. The Hall–Kier alpha value is -2.15. The van der Waals surface area contributed by atoms with Crippen molar-refractivity contribution >= 4 is 34.5 Å². The van der Waals surface area contributed by atoms with E-state index < -0.39 is 6.09 Å². The van der Waals surface area contributed by atoms with Crippen LogP contribution < -0.4 is 10.6 Å². The van der Waals surface area contributed by atoms with Crippen LogP contribution in [0.3, 0.4) is 0 Å². The summed E-state index contributed by atoms with van der Waals surface area (Å²) in [5, 5.41) is 14.2. The first-order chi connectivity index (χ1) is 9.66. The molecule has 0 aliphatic rings. The van der Waals surface area contributed by atoms with Gasteiger partial charge in [-0.25, -0.2) is 14.8 Å². The van der Waals surface area contributed by atoms with Crippen LogP contribution in [0.1, 0.15) is 12.8 Å². The zero-order valence-corrected chi connectivity index (χ0v) is 11.4. The summed E-state index contributed by atoms with van der Waals surface area (Å²) in [5.74, 6) is 0.590. The maximum atomic E-state index is 10.3. The molecule has 2 aromatic heterocycles. The van der Waals surface area contributed by atoms with Gasteiger partial charge in [-0.2, -0.15) is 0 Å². The number of aromatic nitrogens is 3. The van der Waals surface area contributed by atoms with Gasteiger partial charge in [-0.3, -0.25) is 4.98 Å². The summed E-state index contributed by atoms with van der Waals surface area (Å²) in [6.07, 6.45) is 3.73. The number of halogens is 1. The normalized spacial score (nSPS) is 10.4. The lowest BCUT2D eigenvalue weighted by atomic mass is 10.3. The van der Waals surface area contributed by atoms with Crippen molar-refractivity contribution < 1.29 is 9.90 Å². The van der Waals surface area contributed by atoms with Gasteiger partial charge in [-0.15, -0.1) is 0 Å². The average molecular weight is 296 g/mol. The number of amides is 1. The van der Waals surface area contributed by atoms with Crippen LogP contribution >= 0.6 is 11.6 Å². The molecule has 8 heteroatoms. The molecular weight excluding hydrogens is 282 g/mol. The lowest BCUT2D eigenvalue weighted by Gasteiger charge is -2.08. The molecule has 0 unspecified atom stereocenters. The highest BCUT2D eigenvalue weighted by Gasteiger charge is 2.06. The molecule has 0 aromatic carbocycles. The molecule has 3 N–H and O–H groups in total. The summed E-state index contributed by atoms with van der Waals surface area (Å²) >= 11 is 5.93. The minimum atomic E-state index is -1.00. The quantitative estimate of drug-likeness (QED) is 0.557. The molecule has 0 aliphatic heterocycles. The van der Waals surface area contributed by atoms with Crippen molar-refractivity contribution in [1.82, 2.24) is 20.3 Å². The fourth-order valence-corrected chi connectivity index (χ4v) is 1.90. The molecule has 0 saturated carbocycles. The molecule has 0 bridgehead atoms. The highest BCUT2D eigenvalue weighted by molar-refractivity contribution is 6.30. The smallest absolute Gasteiger partial charge is 0.404 e. The molecule has 2 heterocycles. The Morgan fingerprint density at radius 3 is 2.80 bits per heavy atom. The predicted molar refractivity (Wildman–Crippen MR) is 76.1 cm³/mol. The van der Waals surface area contributed by atoms with Crippen LogP contribution in [0.4, 0.5) is 10.6 Å². The minimum Gasteiger partial charge on any atom is -0.465 e. The molecule has 1 amide bonds. The summed E-state index contributed by atoms with van der Waals surface area (Å²) < 4.78 is 0. The Morgan fingerprint density at radius 1 is 1.25 bits per heavy atom. The van der Waals surface area contributed by atoms with E-state index in [1.807, 2.05) is 0 Å². The first kappa shape index (κ1) is 14.3. The molecule has 0 atom stereocenters. The van der Waals surface area contributed by atoms with Crippen LogP contribution in [0.5, 0.6) is 0 Å². The fourth-order valence-electron chi connectivity index (χ4n) is 1.72. The van der Waals surface area contributed by atoms with Crippen LogP contribution in [0.25, 0.3) is 11.0 Å². The topological polar surface area (TPSA) is 100 Å². The van der Waals surface area contributed by atoms with Gasteiger partial charge in [-0.1, -0.05) is 11.6 Å². The first-order valence-electron chi connectivity index (χ1n) is 6.15. The van der Waals surface area contributed by atoms with Gasteiger partial charge in [-0.05, 0) is 12.8 Å². The van der Waals surface area contributed by atoms with Gasteiger partial charge in [0, 0.05) is 31.5 Å². The number of anilines is 1. The number of unbranched alkanes of at least 4 members (excludes halogenated alkanes) is 1. The van der Waals surface area contributed by atoms with E-state index in [1.54, 1.807) is 18.5 Å². The summed E-state index contributed by atoms with van der Waals surface area (Å²) in [7, 11) is 0. The van der Waals surface area contributed by atoms with E-state index >= 15 is 0 Å². The minimum absolute atomic E-state index is 0.355. The molecule has 0 saturated heterocycles. The zero-order valence-electron chi connectivity index (χ0n) is 10.6. The molecule has 0 radical (unpaired) electrons. The van der Waals surface area contributed by atoms with E-state index in [4.69, 9.17) is 16.7 Å². The second-order valence-corrected chi connectivity index (χ2v) is 4.47. The predicted octanol–water partition coefficient (Wildman–Crippen LogP) is 2.14. The van der Waals surface area contributed by atoms with Crippen molar-refractivity contribution in [2.75, 3.05) is 18.4 Å². The summed E-state index contributed by atoms with van der Waals surface area (Å²) in [5.41, 5.74) is 1.35. The van der Waals surface area contributed by atoms with Crippen molar-refractivity contribution in [1.29, 1.82) is 0 Å². The van der Waals surface area contributed by atoms with Crippen molar-refractivity contribution in [2.24, 2.45) is 0 Å². The number of nitrogens with zero attached hydrogens (tertiary/aromatic N) is 3. The van der Waals surface area contributed by atoms with Gasteiger partial charge in [0.2, 0.25) is 0 Å². The number of nitrogens with one attached hydrogen (secondary N) is 2. The molecule has 7 nitrogen and oxygen atoms in total. The van der Waals surface area contributed by atoms with Crippen LogP contribution in [0, 0.1) is 0 Å². The molecule has 106 valence electrons. The Morgan fingerprint density at radius 2 is 2.00 bits per heavy atom. The monoisotopic (exact) mass is 295 g/mol. The van der Waals surface area contributed by atoms with Crippen LogP contribution in [0.2, 0.25) is 5.15 Å². The third-order valence-corrected chi connectivity index (χ3v) is 2.79. The van der Waals surface area contributed by atoms with Gasteiger partial charge in [0.15, 0.2) is 5.82 Å². The lowest BCUT2D eigenvalue weighted by molar-refractivity contribution is 0.194. The average Bonchev–Trinajstić information content (AvgIpc) is 2.42. The fraction of sp³-hybridized carbons (Fsp3) is 0.333. The van der Waals surface area contributed by atoms with E-state index in [-0.39, 0.29) is 0 Å². The lowest BCUT2D eigenvalue weighted by Crippen LogP contribution is -2.22. The Labute approximate surface area is 120 Å². The third-order valence-electron chi connectivity index (χ3n) is 2.60. The Bertz CT molecular complexity index is 607. The van der Waals surface area contributed by atoms with Crippen LogP contribution in [0.15, 0.2) is 18.5 Å². The van der Waals surface area contributed by atoms with Gasteiger partial charge >= 0.3 is 6.09 Å². The van der Waals surface area contributed by atoms with E-state index in [9.17, 15) is 4.79 Å². The van der Waals surface area contributed by atoms with E-state index in [0.717, 1.165) is 12.8 Å². The zero-order chi connectivity index (χ0) is 14.4. The van der Waals surface area contributed by atoms with Crippen molar-refractivity contribution in [3.8, 4) is 0 Å². The molecule has 0 fully saturated rings. The summed E-state index contributed by atoms with van der Waals surface area (Å²) in [6, 6.07) is 1.66. The number of carbonyl (C=O) groups is 1. The highest BCUT2D eigenvalue weighted by atomic mass is 35.5.